The summed E-state index contributed by atoms with van der Waals surface area (Å²) in [6.07, 6.45) is 7.45. The second-order valence-corrected chi connectivity index (χ2v) is 8.20. The second kappa shape index (κ2) is 8.56. The molecule has 2 aliphatic rings. The molecule has 0 unspecified atom stereocenters. The van der Waals surface area contributed by atoms with Crippen molar-refractivity contribution in [1.82, 2.24) is 14.8 Å². The molecule has 1 aromatic carbocycles. The number of aryl methyl sites for hydroxylation is 2. The van der Waals surface area contributed by atoms with Crippen LogP contribution in [0.2, 0.25) is 0 Å². The quantitative estimate of drug-likeness (QED) is 0.849. The monoisotopic (exact) mass is 383 g/mol. The predicted octanol–water partition coefficient (Wildman–Crippen LogP) is 3.98. The Morgan fingerprint density at radius 3 is 2.89 bits per heavy atom. The minimum absolute atomic E-state index is 0.122. The zero-order valence-corrected chi connectivity index (χ0v) is 17.3. The zero-order valence-electron chi connectivity index (χ0n) is 17.3. The molecule has 0 bridgehead atoms. The number of hydrogen-bond acceptors (Lipinski definition) is 3. The number of benzene rings is 1. The highest BCUT2D eigenvalue weighted by atomic mass is 16.5. The fourth-order valence-corrected chi connectivity index (χ4v) is 4.67. The van der Waals surface area contributed by atoms with E-state index in [0.29, 0.717) is 12.6 Å². The highest BCUT2D eigenvalue weighted by molar-refractivity contribution is 6.11. The number of nitrogens with one attached hydrogen (secondary N) is 1. The van der Waals surface area contributed by atoms with Gasteiger partial charge in [-0.1, -0.05) is 25.5 Å². The summed E-state index contributed by atoms with van der Waals surface area (Å²) in [6, 6.07) is 6.78. The van der Waals surface area contributed by atoms with Crippen LogP contribution < -0.4 is 10.1 Å². The lowest BCUT2D eigenvalue weighted by Crippen LogP contribution is -2.44. The minimum atomic E-state index is 0.122. The molecule has 0 spiro atoms. The molecule has 1 N–H and O–H groups in total. The third kappa shape index (κ3) is 3.52. The molecule has 0 atom stereocenters. The Bertz CT molecular complexity index is 836. The summed E-state index contributed by atoms with van der Waals surface area (Å²) in [4.78, 5) is 15.7. The molecule has 3 heterocycles. The predicted molar refractivity (Wildman–Crippen MR) is 113 cm³/mol. The average molecular weight is 384 g/mol. The summed E-state index contributed by atoms with van der Waals surface area (Å²) in [7, 11) is 1.97. The van der Waals surface area contributed by atoms with Crippen LogP contribution in [-0.4, -0.2) is 48.2 Å². The Kier molecular flexibility index (Phi) is 5.90. The molecule has 1 aromatic heterocycles. The van der Waals surface area contributed by atoms with Crippen LogP contribution in [0.3, 0.4) is 0 Å². The molecular weight excluding hydrogens is 350 g/mol. The smallest absolute Gasteiger partial charge is 0.259 e. The van der Waals surface area contributed by atoms with E-state index in [1.165, 1.54) is 5.56 Å². The van der Waals surface area contributed by atoms with E-state index in [1.807, 2.05) is 11.9 Å². The average Bonchev–Trinajstić information content (AvgIpc) is 2.88. The summed E-state index contributed by atoms with van der Waals surface area (Å²) >= 11 is 0. The van der Waals surface area contributed by atoms with Gasteiger partial charge in [0.2, 0.25) is 5.88 Å². The van der Waals surface area contributed by atoms with Gasteiger partial charge in [-0.3, -0.25) is 4.79 Å². The van der Waals surface area contributed by atoms with Crippen LogP contribution in [0.25, 0.3) is 10.9 Å². The maximum Gasteiger partial charge on any atom is 0.259 e. The Hall–Kier alpha value is -2.01. The van der Waals surface area contributed by atoms with Crippen LogP contribution in [0.15, 0.2) is 18.2 Å². The third-order valence-electron chi connectivity index (χ3n) is 6.33. The molecule has 5 nitrogen and oxygen atoms in total. The Morgan fingerprint density at radius 2 is 2.11 bits per heavy atom. The molecule has 0 radical (unpaired) electrons. The minimum Gasteiger partial charge on any atom is -0.478 e. The number of ether oxygens (including phenoxy) is 1. The van der Waals surface area contributed by atoms with Crippen LogP contribution >= 0.6 is 0 Å². The third-order valence-corrected chi connectivity index (χ3v) is 6.33. The van der Waals surface area contributed by atoms with Gasteiger partial charge >= 0.3 is 0 Å². The lowest BCUT2D eigenvalue weighted by molar-refractivity contribution is 0.0700. The first-order chi connectivity index (χ1) is 13.7. The lowest BCUT2D eigenvalue weighted by atomic mass is 9.99. The van der Waals surface area contributed by atoms with Gasteiger partial charge in [0.05, 0.1) is 12.1 Å². The summed E-state index contributed by atoms with van der Waals surface area (Å²) in [5.74, 6) is 0.915. The van der Waals surface area contributed by atoms with Crippen molar-refractivity contribution >= 4 is 16.8 Å². The molecule has 4 rings (SSSR count). The van der Waals surface area contributed by atoms with Gasteiger partial charge in [0.25, 0.3) is 5.91 Å². The number of aromatic nitrogens is 1. The number of amides is 1. The normalized spacial score (nSPS) is 17.8. The van der Waals surface area contributed by atoms with E-state index in [0.717, 1.165) is 86.9 Å². The van der Waals surface area contributed by atoms with E-state index in [1.54, 1.807) is 0 Å². The SMILES string of the molecule is CCCCc1cccc2c1c(C(=O)N(C)C1CCNCC1)c1n2CCCCO1. The fourth-order valence-electron chi connectivity index (χ4n) is 4.67. The molecular formula is C23H33N3O2. The van der Waals surface area contributed by atoms with Gasteiger partial charge in [0.15, 0.2) is 0 Å². The topological polar surface area (TPSA) is 46.5 Å². The first-order valence-electron chi connectivity index (χ1n) is 11.0. The van der Waals surface area contributed by atoms with E-state index in [2.05, 4.69) is 35.0 Å². The van der Waals surface area contributed by atoms with E-state index in [4.69, 9.17) is 4.74 Å². The van der Waals surface area contributed by atoms with Crippen molar-refractivity contribution in [3.63, 3.8) is 0 Å². The molecule has 28 heavy (non-hydrogen) atoms. The standard InChI is InChI=1S/C23H33N3O2/c1-3-4-8-17-9-7-10-19-20(17)21(23-26(19)15-5-6-16-28-23)22(27)25(2)18-11-13-24-14-12-18/h7,9-10,18,24H,3-6,8,11-16H2,1-2H3. The van der Waals surface area contributed by atoms with Gasteiger partial charge < -0.3 is 19.5 Å². The molecule has 2 aliphatic heterocycles. The van der Waals surface area contributed by atoms with Crippen LogP contribution in [0.5, 0.6) is 5.88 Å². The van der Waals surface area contributed by atoms with Gasteiger partial charge in [-0.2, -0.15) is 0 Å². The fraction of sp³-hybridized carbons (Fsp3) is 0.609. The largest absolute Gasteiger partial charge is 0.478 e. The zero-order chi connectivity index (χ0) is 19.5. The number of unbranched alkanes of at least 4 members (excludes halogenated alkanes) is 1. The molecule has 5 heteroatoms. The van der Waals surface area contributed by atoms with Crippen LogP contribution in [0.4, 0.5) is 0 Å². The Balaban J connectivity index is 1.82. The lowest BCUT2D eigenvalue weighted by Gasteiger charge is -2.31. The number of carbonyl (C=O) groups excluding carboxylic acids is 1. The molecule has 0 saturated carbocycles. The molecule has 152 valence electrons. The highest BCUT2D eigenvalue weighted by Crippen LogP contribution is 2.38. The molecule has 2 aromatic rings. The number of carbonyl (C=O) groups is 1. The van der Waals surface area contributed by atoms with Crippen LogP contribution in [0, 0.1) is 0 Å². The van der Waals surface area contributed by atoms with Gasteiger partial charge in [-0.15, -0.1) is 0 Å². The summed E-state index contributed by atoms with van der Waals surface area (Å²) in [5, 5.41) is 4.52. The Morgan fingerprint density at radius 1 is 1.29 bits per heavy atom. The van der Waals surface area contributed by atoms with Crippen molar-refractivity contribution in [2.24, 2.45) is 0 Å². The van der Waals surface area contributed by atoms with Gasteiger partial charge in [0, 0.05) is 25.0 Å². The second-order valence-electron chi connectivity index (χ2n) is 8.20. The number of hydrogen-bond donors (Lipinski definition) is 1. The maximum absolute atomic E-state index is 13.7. The first kappa shape index (κ1) is 19.3. The van der Waals surface area contributed by atoms with Gasteiger partial charge in [-0.25, -0.2) is 0 Å². The highest BCUT2D eigenvalue weighted by Gasteiger charge is 2.31. The summed E-state index contributed by atoms with van der Waals surface area (Å²) in [6.45, 7) is 5.80. The van der Waals surface area contributed by atoms with Crippen molar-refractivity contribution in [2.75, 3.05) is 26.7 Å². The Labute approximate surface area is 168 Å². The molecule has 1 fully saturated rings. The van der Waals surface area contributed by atoms with E-state index < -0.39 is 0 Å². The van der Waals surface area contributed by atoms with Crippen molar-refractivity contribution in [2.45, 2.75) is 64.5 Å². The number of piperidine rings is 1. The van der Waals surface area contributed by atoms with Crippen LogP contribution in [0.1, 0.15) is 61.4 Å². The molecule has 1 amide bonds. The summed E-state index contributed by atoms with van der Waals surface area (Å²) < 4.78 is 8.44. The molecule has 1 saturated heterocycles. The van der Waals surface area contributed by atoms with E-state index in [9.17, 15) is 4.79 Å². The van der Waals surface area contributed by atoms with Crippen molar-refractivity contribution in [3.8, 4) is 5.88 Å². The van der Waals surface area contributed by atoms with Crippen LogP contribution in [-0.2, 0) is 13.0 Å². The maximum atomic E-state index is 13.7. The number of nitrogens with zero attached hydrogens (tertiary/aromatic N) is 2. The van der Waals surface area contributed by atoms with Gasteiger partial charge in [0.1, 0.15) is 5.56 Å². The van der Waals surface area contributed by atoms with E-state index in [-0.39, 0.29) is 5.91 Å². The van der Waals surface area contributed by atoms with Crippen molar-refractivity contribution in [3.05, 3.63) is 29.3 Å². The first-order valence-corrected chi connectivity index (χ1v) is 11.0. The van der Waals surface area contributed by atoms with Crippen molar-refractivity contribution < 1.29 is 9.53 Å². The van der Waals surface area contributed by atoms with Crippen molar-refractivity contribution in [1.29, 1.82) is 0 Å². The van der Waals surface area contributed by atoms with Gasteiger partial charge in [-0.05, 0) is 63.2 Å². The van der Waals surface area contributed by atoms with E-state index >= 15 is 0 Å². The molecule has 0 aliphatic carbocycles. The number of fused-ring (bicyclic) bond motifs is 3. The summed E-state index contributed by atoms with van der Waals surface area (Å²) in [5.41, 5.74) is 3.24. The number of rotatable bonds is 5.